The number of hydrogen-bond donors (Lipinski definition) is 9. The standard InChI is InChI=1S/C36H64O18/c1-3-14-22(39)17-27(42)53-33-29(44)28(43)25(18-37)51-36(33)54-32-26(20-49-21(2)38)52-35(31(46)30(32)45)50-19-23(40)15-12-10-8-6-4-5-7-9-11-13-16-24(41)34(47)48/h22-26,28-33,35-37,39-41,43-46H,3-20H2,1-2H3,(H,47,48). The predicted octanol–water partition coefficient (Wildman–Crippen LogP) is -0.212. The number of ether oxygens (including phenoxy) is 6. The highest BCUT2D eigenvalue weighted by Crippen LogP contribution is 2.31. The van der Waals surface area contributed by atoms with Crippen LogP contribution in [0.5, 0.6) is 0 Å². The highest BCUT2D eigenvalue weighted by molar-refractivity contribution is 5.71. The Labute approximate surface area is 316 Å². The molecule has 0 aliphatic carbocycles. The summed E-state index contributed by atoms with van der Waals surface area (Å²) in [6.07, 6.45) is -9.07. The van der Waals surface area contributed by atoms with E-state index in [2.05, 4.69) is 0 Å². The predicted molar refractivity (Wildman–Crippen MR) is 186 cm³/mol. The van der Waals surface area contributed by atoms with Crippen molar-refractivity contribution in [2.75, 3.05) is 19.8 Å². The third kappa shape index (κ3) is 17.0. The Morgan fingerprint density at radius 2 is 1.24 bits per heavy atom. The molecule has 0 spiro atoms. The molecule has 0 radical (unpaired) electrons. The van der Waals surface area contributed by atoms with Gasteiger partial charge in [-0.3, -0.25) is 9.59 Å². The summed E-state index contributed by atoms with van der Waals surface area (Å²) in [5.74, 6) is -2.84. The largest absolute Gasteiger partial charge is 0.479 e. The summed E-state index contributed by atoms with van der Waals surface area (Å²) in [6, 6.07) is 0. The molecule has 2 heterocycles. The maximum absolute atomic E-state index is 12.6. The van der Waals surface area contributed by atoms with Crippen LogP contribution in [0.15, 0.2) is 0 Å². The van der Waals surface area contributed by atoms with Gasteiger partial charge in [-0.1, -0.05) is 77.6 Å². The van der Waals surface area contributed by atoms with Crippen LogP contribution in [0.4, 0.5) is 0 Å². The van der Waals surface area contributed by atoms with Gasteiger partial charge in [0.05, 0.1) is 31.8 Å². The highest BCUT2D eigenvalue weighted by Gasteiger charge is 2.52. The summed E-state index contributed by atoms with van der Waals surface area (Å²) in [5, 5.41) is 91.6. The first kappa shape index (κ1) is 48.1. The topological polar surface area (TPSA) is 289 Å². The second kappa shape index (κ2) is 26.0. The van der Waals surface area contributed by atoms with Gasteiger partial charge in [-0.2, -0.15) is 0 Å². The van der Waals surface area contributed by atoms with Crippen LogP contribution in [0.3, 0.4) is 0 Å². The van der Waals surface area contributed by atoms with Crippen molar-refractivity contribution in [1.82, 2.24) is 0 Å². The van der Waals surface area contributed by atoms with Crippen molar-refractivity contribution in [1.29, 1.82) is 0 Å². The molecule has 18 nitrogen and oxygen atoms in total. The molecule has 2 fully saturated rings. The van der Waals surface area contributed by atoms with Crippen molar-refractivity contribution in [2.24, 2.45) is 0 Å². The molecule has 2 rings (SSSR count). The van der Waals surface area contributed by atoms with Gasteiger partial charge in [0.25, 0.3) is 0 Å². The zero-order valence-electron chi connectivity index (χ0n) is 31.4. The fraction of sp³-hybridized carbons (Fsp3) is 0.917. The van der Waals surface area contributed by atoms with E-state index in [-0.39, 0.29) is 13.0 Å². The molecule has 13 atom stereocenters. The molecule has 0 bridgehead atoms. The minimum Gasteiger partial charge on any atom is -0.479 e. The Balaban J connectivity index is 1.88. The third-order valence-electron chi connectivity index (χ3n) is 9.50. The van der Waals surface area contributed by atoms with E-state index in [4.69, 9.17) is 33.5 Å². The fourth-order valence-electron chi connectivity index (χ4n) is 6.36. The quantitative estimate of drug-likeness (QED) is 0.0385. The van der Waals surface area contributed by atoms with Crippen LogP contribution in [-0.4, -0.2) is 163 Å². The molecular weight excluding hydrogens is 720 g/mol. The Hall–Kier alpha value is -2.07. The van der Waals surface area contributed by atoms with Gasteiger partial charge >= 0.3 is 17.9 Å². The van der Waals surface area contributed by atoms with Crippen molar-refractivity contribution >= 4 is 17.9 Å². The Kier molecular flexibility index (Phi) is 23.1. The van der Waals surface area contributed by atoms with E-state index in [0.717, 1.165) is 64.7 Å². The highest BCUT2D eigenvalue weighted by atomic mass is 16.8. The summed E-state index contributed by atoms with van der Waals surface area (Å²) < 4.78 is 33.3. The lowest BCUT2D eigenvalue weighted by molar-refractivity contribution is -0.361. The monoisotopic (exact) mass is 784 g/mol. The maximum atomic E-state index is 12.6. The van der Waals surface area contributed by atoms with Crippen molar-refractivity contribution in [3.8, 4) is 0 Å². The molecule has 13 unspecified atom stereocenters. The minimum absolute atomic E-state index is 0.250. The minimum atomic E-state index is -1.83. The number of rotatable bonds is 27. The first-order chi connectivity index (χ1) is 25.7. The van der Waals surface area contributed by atoms with E-state index in [1.165, 1.54) is 0 Å². The molecule has 0 aromatic carbocycles. The molecule has 0 amide bonds. The van der Waals surface area contributed by atoms with Gasteiger partial charge in [-0.15, -0.1) is 0 Å². The SMILES string of the molecule is CCCC(O)CC(=O)OC1C(OC2C(COC(C)=O)OC(OCC(O)CCCCCCCCCCCCC(O)C(=O)O)C(O)C2O)OC(CO)C(O)C1O. The van der Waals surface area contributed by atoms with Gasteiger partial charge in [0.15, 0.2) is 24.8 Å². The van der Waals surface area contributed by atoms with E-state index in [1.807, 2.05) is 0 Å². The van der Waals surface area contributed by atoms with Crippen molar-refractivity contribution in [2.45, 2.75) is 190 Å². The molecule has 2 aliphatic rings. The lowest BCUT2D eigenvalue weighted by Gasteiger charge is -2.46. The molecule has 54 heavy (non-hydrogen) atoms. The zero-order valence-corrected chi connectivity index (χ0v) is 31.4. The van der Waals surface area contributed by atoms with Crippen LogP contribution in [0.2, 0.25) is 0 Å². The molecule has 9 N–H and O–H groups in total. The summed E-state index contributed by atoms with van der Waals surface area (Å²) in [6.45, 7) is 1.41. The van der Waals surface area contributed by atoms with E-state index in [0.29, 0.717) is 25.7 Å². The second-order valence-electron chi connectivity index (χ2n) is 14.2. The van der Waals surface area contributed by atoms with Crippen LogP contribution >= 0.6 is 0 Å². The Morgan fingerprint density at radius 3 is 1.80 bits per heavy atom. The normalized spacial score (nSPS) is 30.3. The first-order valence-corrected chi connectivity index (χ1v) is 19.2. The zero-order chi connectivity index (χ0) is 40.2. The number of aliphatic hydroxyl groups excluding tert-OH is 8. The molecule has 0 saturated carbocycles. The van der Waals surface area contributed by atoms with Gasteiger partial charge in [-0.05, 0) is 19.3 Å². The Bertz CT molecular complexity index is 1060. The average molecular weight is 785 g/mol. The third-order valence-corrected chi connectivity index (χ3v) is 9.50. The van der Waals surface area contributed by atoms with Gasteiger partial charge in [-0.25, -0.2) is 4.79 Å². The van der Waals surface area contributed by atoms with E-state index in [1.54, 1.807) is 6.92 Å². The molecule has 2 aliphatic heterocycles. The number of carboxylic acids is 1. The smallest absolute Gasteiger partial charge is 0.332 e. The van der Waals surface area contributed by atoms with Crippen LogP contribution in [0, 0.1) is 0 Å². The number of aliphatic carboxylic acids is 1. The molecule has 18 heteroatoms. The fourth-order valence-corrected chi connectivity index (χ4v) is 6.36. The van der Waals surface area contributed by atoms with Crippen LogP contribution in [-0.2, 0) is 42.8 Å². The first-order valence-electron chi connectivity index (χ1n) is 19.2. The van der Waals surface area contributed by atoms with Crippen molar-refractivity contribution in [3.05, 3.63) is 0 Å². The van der Waals surface area contributed by atoms with Crippen LogP contribution < -0.4 is 0 Å². The number of carboxylic acid groups (broad SMARTS) is 1. The second-order valence-corrected chi connectivity index (χ2v) is 14.2. The van der Waals surface area contributed by atoms with Gasteiger partial charge in [0, 0.05) is 6.92 Å². The number of hydrogen-bond acceptors (Lipinski definition) is 17. The molecule has 0 aromatic rings. The number of esters is 2. The summed E-state index contributed by atoms with van der Waals surface area (Å²) in [4.78, 5) is 34.9. The molecule has 2 saturated heterocycles. The molecular formula is C36H64O18. The Morgan fingerprint density at radius 1 is 0.685 bits per heavy atom. The number of carbonyl (C=O) groups is 3. The van der Waals surface area contributed by atoms with Crippen molar-refractivity contribution in [3.63, 3.8) is 0 Å². The van der Waals surface area contributed by atoms with E-state index in [9.17, 15) is 55.2 Å². The van der Waals surface area contributed by atoms with Crippen LogP contribution in [0.1, 0.15) is 110 Å². The molecule has 316 valence electrons. The van der Waals surface area contributed by atoms with E-state index < -0.39 is 117 Å². The molecule has 0 aromatic heterocycles. The van der Waals surface area contributed by atoms with E-state index >= 15 is 0 Å². The number of unbranched alkanes of at least 4 members (excludes halogenated alkanes) is 9. The van der Waals surface area contributed by atoms with Crippen molar-refractivity contribution < 1.29 is 88.8 Å². The van der Waals surface area contributed by atoms with Gasteiger partial charge in [0.1, 0.15) is 49.3 Å². The summed E-state index contributed by atoms with van der Waals surface area (Å²) in [5.41, 5.74) is 0. The van der Waals surface area contributed by atoms with Crippen LogP contribution in [0.25, 0.3) is 0 Å². The lowest BCUT2D eigenvalue weighted by Crippen LogP contribution is -2.65. The summed E-state index contributed by atoms with van der Waals surface area (Å²) in [7, 11) is 0. The number of aliphatic hydroxyl groups is 8. The maximum Gasteiger partial charge on any atom is 0.332 e. The summed E-state index contributed by atoms with van der Waals surface area (Å²) >= 11 is 0. The van der Waals surface area contributed by atoms with Gasteiger partial charge < -0.3 is 74.4 Å². The average Bonchev–Trinajstić information content (AvgIpc) is 3.12. The van der Waals surface area contributed by atoms with Gasteiger partial charge in [0.2, 0.25) is 0 Å². The lowest BCUT2D eigenvalue weighted by atomic mass is 9.96. The number of carbonyl (C=O) groups excluding carboxylic acids is 2.